The number of nitrogens with zero attached hydrogens (tertiary/aromatic N) is 4. The zero-order chi connectivity index (χ0) is 17.9. The van der Waals surface area contributed by atoms with Crippen molar-refractivity contribution in [3.8, 4) is 5.82 Å². The van der Waals surface area contributed by atoms with Gasteiger partial charge in [0, 0.05) is 25.4 Å². The van der Waals surface area contributed by atoms with Gasteiger partial charge in [-0.2, -0.15) is 0 Å². The van der Waals surface area contributed by atoms with Crippen LogP contribution in [0.4, 0.5) is 4.39 Å². The number of rotatable bonds is 5. The van der Waals surface area contributed by atoms with Crippen LogP contribution in [0, 0.1) is 5.82 Å². The molecule has 0 unspecified atom stereocenters. The van der Waals surface area contributed by atoms with Gasteiger partial charge in [0.05, 0.1) is 11.7 Å². The van der Waals surface area contributed by atoms with Crippen molar-refractivity contribution in [1.29, 1.82) is 0 Å². The lowest BCUT2D eigenvalue weighted by molar-refractivity contribution is 0.244. The second-order valence-corrected chi connectivity index (χ2v) is 6.74. The average Bonchev–Trinajstić information content (AvgIpc) is 3.33. The van der Waals surface area contributed by atoms with E-state index in [1.165, 1.54) is 12.1 Å². The summed E-state index contributed by atoms with van der Waals surface area (Å²) >= 11 is 0. The van der Waals surface area contributed by atoms with Crippen LogP contribution in [0.15, 0.2) is 54.9 Å². The Labute approximate surface area is 153 Å². The molecule has 1 aromatic carbocycles. The van der Waals surface area contributed by atoms with E-state index in [1.54, 1.807) is 0 Å². The summed E-state index contributed by atoms with van der Waals surface area (Å²) < 4.78 is 15.2. The van der Waals surface area contributed by atoms with Crippen molar-refractivity contribution in [2.24, 2.45) is 0 Å². The summed E-state index contributed by atoms with van der Waals surface area (Å²) in [4.78, 5) is 11.8. The lowest BCUT2D eigenvalue weighted by atomic mass is 10.1. The van der Waals surface area contributed by atoms with Crippen molar-refractivity contribution in [2.45, 2.75) is 38.8 Å². The number of hydrogen-bond donors (Lipinski definition) is 0. The van der Waals surface area contributed by atoms with Gasteiger partial charge in [-0.3, -0.25) is 9.47 Å². The molecule has 0 N–H and O–H groups in total. The Bertz CT molecular complexity index is 872. The maximum atomic E-state index is 13.2. The Morgan fingerprint density at radius 3 is 2.81 bits per heavy atom. The van der Waals surface area contributed by atoms with E-state index in [4.69, 9.17) is 4.98 Å². The zero-order valence-electron chi connectivity index (χ0n) is 15.0. The minimum absolute atomic E-state index is 0.187. The molecule has 134 valence electrons. The van der Waals surface area contributed by atoms with Gasteiger partial charge < -0.3 is 0 Å². The van der Waals surface area contributed by atoms with Crippen molar-refractivity contribution in [3.63, 3.8) is 0 Å². The van der Waals surface area contributed by atoms with E-state index >= 15 is 0 Å². The smallest absolute Gasteiger partial charge is 0.138 e. The third kappa shape index (κ3) is 3.40. The first-order valence-electron chi connectivity index (χ1n) is 9.22. The lowest BCUT2D eigenvalue weighted by Crippen LogP contribution is -2.23. The van der Waals surface area contributed by atoms with Crippen molar-refractivity contribution < 1.29 is 4.39 Å². The normalized spacial score (nSPS) is 17.7. The highest BCUT2D eigenvalue weighted by Crippen LogP contribution is 2.32. The number of benzene rings is 1. The molecule has 0 bridgehead atoms. The molecule has 1 saturated heterocycles. The van der Waals surface area contributed by atoms with Gasteiger partial charge in [0.1, 0.15) is 17.5 Å². The van der Waals surface area contributed by atoms with E-state index in [0.717, 1.165) is 55.3 Å². The summed E-state index contributed by atoms with van der Waals surface area (Å²) in [6.07, 6.45) is 6.92. The van der Waals surface area contributed by atoms with Crippen LogP contribution in [-0.2, 0) is 13.0 Å². The van der Waals surface area contributed by atoms with Gasteiger partial charge in [0.15, 0.2) is 0 Å². The monoisotopic (exact) mass is 350 g/mol. The number of likely N-dealkylation sites (tertiary alicyclic amines) is 1. The van der Waals surface area contributed by atoms with Crippen LogP contribution in [0.2, 0.25) is 0 Å². The number of halogens is 1. The molecule has 5 heteroatoms. The number of aromatic nitrogens is 3. The van der Waals surface area contributed by atoms with E-state index in [9.17, 15) is 4.39 Å². The highest BCUT2D eigenvalue weighted by molar-refractivity contribution is 5.28. The quantitative estimate of drug-likeness (QED) is 0.688. The first-order chi connectivity index (χ1) is 12.7. The van der Waals surface area contributed by atoms with Crippen LogP contribution < -0.4 is 0 Å². The van der Waals surface area contributed by atoms with Crippen LogP contribution in [-0.4, -0.2) is 26.0 Å². The predicted octanol–water partition coefficient (Wildman–Crippen LogP) is 4.31. The average molecular weight is 350 g/mol. The Balaban J connectivity index is 1.58. The summed E-state index contributed by atoms with van der Waals surface area (Å²) in [7, 11) is 0. The topological polar surface area (TPSA) is 34.0 Å². The second kappa shape index (κ2) is 7.38. The Morgan fingerprint density at radius 2 is 2.00 bits per heavy atom. The van der Waals surface area contributed by atoms with Crippen LogP contribution >= 0.6 is 0 Å². The molecule has 4 rings (SSSR count). The molecule has 4 nitrogen and oxygen atoms in total. The molecule has 0 spiro atoms. The summed E-state index contributed by atoms with van der Waals surface area (Å²) in [6.45, 7) is 3.96. The lowest BCUT2D eigenvalue weighted by Gasteiger charge is -2.24. The standard InChI is InChI=1S/C21H23FN4/c1-2-20-23-12-14-26(20)21-7-3-5-18(24-21)19-6-4-13-25(19)15-16-8-10-17(22)11-9-16/h3,5,7-12,14,19H,2,4,6,13,15H2,1H3/t19-/m1/s1. The van der Waals surface area contributed by atoms with Crippen LogP contribution in [0.3, 0.4) is 0 Å². The van der Waals surface area contributed by atoms with Crippen molar-refractivity contribution in [2.75, 3.05) is 6.54 Å². The van der Waals surface area contributed by atoms with Crippen LogP contribution in [0.25, 0.3) is 5.82 Å². The molecule has 0 saturated carbocycles. The molecule has 0 radical (unpaired) electrons. The minimum atomic E-state index is -0.187. The highest BCUT2D eigenvalue weighted by atomic mass is 19.1. The van der Waals surface area contributed by atoms with E-state index in [1.807, 2.05) is 30.6 Å². The highest BCUT2D eigenvalue weighted by Gasteiger charge is 2.27. The Hall–Kier alpha value is -2.53. The fraction of sp³-hybridized carbons (Fsp3) is 0.333. The first-order valence-corrected chi connectivity index (χ1v) is 9.22. The van der Waals surface area contributed by atoms with E-state index < -0.39 is 0 Å². The van der Waals surface area contributed by atoms with Crippen LogP contribution in [0.1, 0.15) is 42.9 Å². The molecule has 1 fully saturated rings. The molecule has 1 aliphatic heterocycles. The molecule has 1 atom stereocenters. The largest absolute Gasteiger partial charge is 0.291 e. The Morgan fingerprint density at radius 1 is 1.15 bits per heavy atom. The minimum Gasteiger partial charge on any atom is -0.291 e. The predicted molar refractivity (Wildman–Crippen MR) is 99.5 cm³/mol. The molecule has 0 aliphatic carbocycles. The molecule has 26 heavy (non-hydrogen) atoms. The first kappa shape index (κ1) is 16.9. The summed E-state index contributed by atoms with van der Waals surface area (Å²) in [6, 6.07) is 13.3. The van der Waals surface area contributed by atoms with E-state index in [2.05, 4.69) is 33.5 Å². The summed E-state index contributed by atoms with van der Waals surface area (Å²) in [5, 5.41) is 0. The van der Waals surface area contributed by atoms with Gasteiger partial charge >= 0.3 is 0 Å². The Kier molecular flexibility index (Phi) is 4.80. The SMILES string of the molecule is CCc1nccn1-c1cccc([C@H]2CCCN2Cc2ccc(F)cc2)n1. The van der Waals surface area contributed by atoms with Crippen molar-refractivity contribution in [1.82, 2.24) is 19.4 Å². The molecule has 0 amide bonds. The van der Waals surface area contributed by atoms with Crippen LogP contribution in [0.5, 0.6) is 0 Å². The van der Waals surface area contributed by atoms with Crippen molar-refractivity contribution >= 4 is 0 Å². The van der Waals surface area contributed by atoms with Gasteiger partial charge in [-0.1, -0.05) is 25.1 Å². The fourth-order valence-corrected chi connectivity index (χ4v) is 3.74. The summed E-state index contributed by atoms with van der Waals surface area (Å²) in [5.41, 5.74) is 2.23. The van der Waals surface area contributed by atoms with Gasteiger partial charge in [0.25, 0.3) is 0 Å². The molecular formula is C21H23FN4. The van der Waals surface area contributed by atoms with Gasteiger partial charge in [-0.15, -0.1) is 0 Å². The maximum absolute atomic E-state index is 13.2. The third-order valence-electron chi connectivity index (χ3n) is 5.04. The summed E-state index contributed by atoms with van der Waals surface area (Å²) in [5.74, 6) is 1.75. The number of pyridine rings is 1. The van der Waals surface area contributed by atoms with E-state index in [-0.39, 0.29) is 5.82 Å². The molecule has 2 aromatic heterocycles. The molecular weight excluding hydrogens is 327 g/mol. The van der Waals surface area contributed by atoms with Gasteiger partial charge in [0.2, 0.25) is 0 Å². The zero-order valence-corrected chi connectivity index (χ0v) is 15.0. The molecule has 3 heterocycles. The van der Waals surface area contributed by atoms with Gasteiger partial charge in [-0.25, -0.2) is 14.4 Å². The van der Waals surface area contributed by atoms with Gasteiger partial charge in [-0.05, 0) is 49.2 Å². The maximum Gasteiger partial charge on any atom is 0.138 e. The fourth-order valence-electron chi connectivity index (χ4n) is 3.74. The second-order valence-electron chi connectivity index (χ2n) is 6.74. The number of imidazole rings is 1. The molecule has 3 aromatic rings. The number of aryl methyl sites for hydroxylation is 1. The third-order valence-corrected chi connectivity index (χ3v) is 5.04. The van der Waals surface area contributed by atoms with E-state index in [0.29, 0.717) is 6.04 Å². The number of hydrogen-bond acceptors (Lipinski definition) is 3. The molecule has 1 aliphatic rings. The van der Waals surface area contributed by atoms with Crippen molar-refractivity contribution in [3.05, 3.63) is 77.8 Å².